The molecule has 0 spiro atoms. The number of amides is 1. The number of alkyl halides is 3. The highest BCUT2D eigenvalue weighted by atomic mass is 19.4. The zero-order chi connectivity index (χ0) is 18.8. The first-order valence-corrected chi connectivity index (χ1v) is 7.66. The smallest absolute Gasteiger partial charge is 0.343 e. The highest BCUT2D eigenvalue weighted by Crippen LogP contribution is 2.33. The van der Waals surface area contributed by atoms with Crippen LogP contribution < -0.4 is 10.9 Å². The fourth-order valence-corrected chi connectivity index (χ4v) is 2.48. The lowest BCUT2D eigenvalue weighted by molar-refractivity contribution is -0.138. The number of H-pyrrole nitrogens is 1. The van der Waals surface area contributed by atoms with Crippen LogP contribution in [0.4, 0.5) is 13.2 Å². The normalized spacial score (nSPS) is 13.4. The van der Waals surface area contributed by atoms with Crippen molar-refractivity contribution in [1.82, 2.24) is 10.3 Å². The molecule has 0 aliphatic heterocycles. The number of pyridine rings is 1. The van der Waals surface area contributed by atoms with Crippen LogP contribution >= 0.6 is 0 Å². The summed E-state index contributed by atoms with van der Waals surface area (Å²) in [6.45, 7) is 5.79. The summed E-state index contributed by atoms with van der Waals surface area (Å²) in [4.78, 5) is 26.0. The van der Waals surface area contributed by atoms with Crippen LogP contribution in [-0.4, -0.2) is 10.9 Å². The highest BCUT2D eigenvalue weighted by molar-refractivity contribution is 5.92. The number of aromatic amines is 1. The number of aromatic nitrogens is 1. The second kappa shape index (κ2) is 6.74. The van der Waals surface area contributed by atoms with E-state index >= 15 is 0 Å². The average Bonchev–Trinajstić information content (AvgIpc) is 2.50. The average molecular weight is 352 g/mol. The highest BCUT2D eigenvalue weighted by Gasteiger charge is 2.34. The predicted molar refractivity (Wildman–Crippen MR) is 88.2 cm³/mol. The third kappa shape index (κ3) is 4.49. The first-order chi connectivity index (χ1) is 11.5. The van der Waals surface area contributed by atoms with Crippen molar-refractivity contribution in [2.24, 2.45) is 5.41 Å². The summed E-state index contributed by atoms with van der Waals surface area (Å²) < 4.78 is 37.9. The molecule has 25 heavy (non-hydrogen) atoms. The maximum absolute atomic E-state index is 12.6. The summed E-state index contributed by atoms with van der Waals surface area (Å²) in [5.41, 5.74) is -2.38. The Morgan fingerprint density at radius 3 is 2.12 bits per heavy atom. The number of carbonyl (C=O) groups is 1. The van der Waals surface area contributed by atoms with Crippen molar-refractivity contribution < 1.29 is 18.0 Å². The summed E-state index contributed by atoms with van der Waals surface area (Å²) >= 11 is 0. The van der Waals surface area contributed by atoms with Gasteiger partial charge in [-0.2, -0.15) is 13.2 Å². The zero-order valence-corrected chi connectivity index (χ0v) is 14.1. The van der Waals surface area contributed by atoms with Gasteiger partial charge in [0.1, 0.15) is 11.3 Å². The molecule has 1 amide bonds. The molecule has 4 nitrogen and oxygen atoms in total. The number of hydrogen-bond acceptors (Lipinski definition) is 2. The van der Waals surface area contributed by atoms with E-state index in [-0.39, 0.29) is 17.2 Å². The van der Waals surface area contributed by atoms with Crippen molar-refractivity contribution in [2.75, 3.05) is 0 Å². The lowest BCUT2D eigenvalue weighted by atomic mass is 9.82. The van der Waals surface area contributed by atoms with E-state index < -0.39 is 23.2 Å². The lowest BCUT2D eigenvalue weighted by Gasteiger charge is -2.32. The van der Waals surface area contributed by atoms with Crippen LogP contribution in [0.5, 0.6) is 0 Å². The molecule has 0 saturated carbocycles. The van der Waals surface area contributed by atoms with Gasteiger partial charge in [0.05, 0.1) is 6.04 Å². The standard InChI is InChI=1S/C18H19F3N2O2/c1-17(2,3)14(11-7-5-4-6-8-11)23-16(25)13-10-9-12(15(24)22-13)18(19,20)21/h4-10,14H,1-3H3,(H,22,24)(H,23,25). The second-order valence-corrected chi connectivity index (χ2v) is 6.80. The lowest BCUT2D eigenvalue weighted by Crippen LogP contribution is -2.37. The Morgan fingerprint density at radius 2 is 1.64 bits per heavy atom. The van der Waals surface area contributed by atoms with Crippen molar-refractivity contribution in [2.45, 2.75) is 33.0 Å². The van der Waals surface area contributed by atoms with E-state index in [0.29, 0.717) is 6.07 Å². The molecule has 1 aromatic heterocycles. The Hall–Kier alpha value is -2.57. The molecule has 0 saturated heterocycles. The Kier molecular flexibility index (Phi) is 5.06. The maximum Gasteiger partial charge on any atom is 0.421 e. The summed E-state index contributed by atoms with van der Waals surface area (Å²) in [5, 5.41) is 2.78. The monoisotopic (exact) mass is 352 g/mol. The molecular weight excluding hydrogens is 333 g/mol. The van der Waals surface area contributed by atoms with E-state index in [2.05, 4.69) is 5.32 Å². The second-order valence-electron chi connectivity index (χ2n) is 6.80. The molecule has 2 N–H and O–H groups in total. The van der Waals surface area contributed by atoms with Crippen molar-refractivity contribution in [1.29, 1.82) is 0 Å². The van der Waals surface area contributed by atoms with Crippen molar-refractivity contribution in [3.63, 3.8) is 0 Å². The van der Waals surface area contributed by atoms with Gasteiger partial charge < -0.3 is 10.3 Å². The van der Waals surface area contributed by atoms with E-state index in [1.165, 1.54) is 0 Å². The molecule has 7 heteroatoms. The number of hydrogen-bond donors (Lipinski definition) is 2. The third-order valence-electron chi connectivity index (χ3n) is 3.73. The molecule has 0 bridgehead atoms. The summed E-state index contributed by atoms with van der Waals surface area (Å²) in [5.74, 6) is -0.644. The molecule has 0 aliphatic carbocycles. The minimum atomic E-state index is -4.76. The first kappa shape index (κ1) is 18.8. The van der Waals surface area contributed by atoms with Gasteiger partial charge in [0.15, 0.2) is 0 Å². The Morgan fingerprint density at radius 1 is 1.04 bits per heavy atom. The molecule has 134 valence electrons. The molecule has 2 rings (SSSR count). The van der Waals surface area contributed by atoms with E-state index in [1.807, 2.05) is 56.1 Å². The van der Waals surface area contributed by atoms with Crippen LogP contribution in [0.3, 0.4) is 0 Å². The summed E-state index contributed by atoms with van der Waals surface area (Å²) in [6, 6.07) is 10.4. The van der Waals surface area contributed by atoms with Crippen molar-refractivity contribution in [3.05, 3.63) is 69.6 Å². The quantitative estimate of drug-likeness (QED) is 0.880. The maximum atomic E-state index is 12.6. The topological polar surface area (TPSA) is 62.0 Å². The van der Waals surface area contributed by atoms with E-state index in [4.69, 9.17) is 0 Å². The van der Waals surface area contributed by atoms with Crippen molar-refractivity contribution in [3.8, 4) is 0 Å². The molecule has 1 aromatic carbocycles. The summed E-state index contributed by atoms with van der Waals surface area (Å²) in [6.07, 6.45) is -4.76. The fourth-order valence-electron chi connectivity index (χ4n) is 2.48. The molecule has 1 heterocycles. The Bertz CT molecular complexity index is 806. The molecule has 0 radical (unpaired) electrons. The summed E-state index contributed by atoms with van der Waals surface area (Å²) in [7, 11) is 0. The number of carbonyl (C=O) groups excluding carboxylic acids is 1. The van der Waals surface area contributed by atoms with Gasteiger partial charge in [-0.3, -0.25) is 9.59 Å². The molecule has 0 fully saturated rings. The number of nitrogens with one attached hydrogen (secondary N) is 2. The van der Waals surface area contributed by atoms with Crippen LogP contribution in [0.25, 0.3) is 0 Å². The number of benzene rings is 1. The van der Waals surface area contributed by atoms with Crippen LogP contribution in [0.2, 0.25) is 0 Å². The van der Waals surface area contributed by atoms with Gasteiger partial charge in [-0.1, -0.05) is 51.1 Å². The van der Waals surface area contributed by atoms with Gasteiger partial charge in [-0.05, 0) is 23.1 Å². The minimum Gasteiger partial charge on any atom is -0.343 e. The predicted octanol–water partition coefficient (Wildman–Crippen LogP) is 3.91. The van der Waals surface area contributed by atoms with E-state index in [1.54, 1.807) is 0 Å². The van der Waals surface area contributed by atoms with Crippen LogP contribution in [0.1, 0.15) is 48.4 Å². The number of halogens is 3. The van der Waals surface area contributed by atoms with Gasteiger partial charge >= 0.3 is 6.18 Å². The van der Waals surface area contributed by atoms with Gasteiger partial charge in [0.25, 0.3) is 11.5 Å². The number of rotatable bonds is 3. The molecule has 1 unspecified atom stereocenters. The Balaban J connectivity index is 2.31. The third-order valence-corrected chi connectivity index (χ3v) is 3.73. The van der Waals surface area contributed by atoms with Crippen molar-refractivity contribution >= 4 is 5.91 Å². The molecular formula is C18H19F3N2O2. The largest absolute Gasteiger partial charge is 0.421 e. The fraction of sp³-hybridized carbons (Fsp3) is 0.333. The first-order valence-electron chi connectivity index (χ1n) is 7.66. The minimum absolute atomic E-state index is 0.219. The van der Waals surface area contributed by atoms with Gasteiger partial charge in [-0.25, -0.2) is 0 Å². The van der Waals surface area contributed by atoms with E-state index in [0.717, 1.165) is 11.6 Å². The van der Waals surface area contributed by atoms with Gasteiger partial charge in [0.2, 0.25) is 0 Å². The van der Waals surface area contributed by atoms with Crippen LogP contribution in [0.15, 0.2) is 47.3 Å². The van der Waals surface area contributed by atoms with Crippen LogP contribution in [0, 0.1) is 5.41 Å². The molecule has 1 atom stereocenters. The van der Waals surface area contributed by atoms with E-state index in [9.17, 15) is 22.8 Å². The molecule has 0 aliphatic rings. The van der Waals surface area contributed by atoms with Crippen LogP contribution in [-0.2, 0) is 6.18 Å². The SMILES string of the molecule is CC(C)(C)C(NC(=O)c1ccc(C(F)(F)F)c(=O)[nH]1)c1ccccc1. The molecule has 2 aromatic rings. The van der Waals surface area contributed by atoms with Gasteiger partial charge in [-0.15, -0.1) is 0 Å². The van der Waals surface area contributed by atoms with Gasteiger partial charge in [0, 0.05) is 0 Å². The zero-order valence-electron chi connectivity index (χ0n) is 14.1. The Labute approximate surface area is 143 Å².